The fourth-order valence-corrected chi connectivity index (χ4v) is 0.793. The maximum atomic E-state index is 10.8. The molecule has 0 aromatic heterocycles. The van der Waals surface area contributed by atoms with Gasteiger partial charge in [-0.3, -0.25) is 4.79 Å². The Morgan fingerprint density at radius 2 is 2.08 bits per heavy atom. The van der Waals surface area contributed by atoms with Gasteiger partial charge in [-0.1, -0.05) is 12.1 Å². The van der Waals surface area contributed by atoms with Crippen LogP contribution in [0.2, 0.25) is 0 Å². The average Bonchev–Trinajstić information content (AvgIpc) is 2.09. The number of hydrogen-bond donors (Lipinski definition) is 2. The fourth-order valence-electron chi connectivity index (χ4n) is 0.728. The van der Waals surface area contributed by atoms with E-state index in [1.807, 2.05) is 0 Å². The molecule has 13 heavy (non-hydrogen) atoms. The van der Waals surface area contributed by atoms with Crippen LogP contribution in [-0.2, 0) is 4.79 Å². The van der Waals surface area contributed by atoms with Crippen molar-refractivity contribution in [3.63, 3.8) is 0 Å². The third-order valence-electron chi connectivity index (χ3n) is 1.27. The van der Waals surface area contributed by atoms with E-state index in [1.54, 1.807) is 24.3 Å². The third kappa shape index (κ3) is 4.04. The Morgan fingerprint density at radius 3 is 2.62 bits per heavy atom. The summed E-state index contributed by atoms with van der Waals surface area (Å²) in [6.45, 7) is 0. The molecule has 66 valence electrons. The summed E-state index contributed by atoms with van der Waals surface area (Å²) < 4.78 is 4.85. The van der Waals surface area contributed by atoms with Gasteiger partial charge in [-0.15, -0.1) is 0 Å². The summed E-state index contributed by atoms with van der Waals surface area (Å²) in [6, 6.07) is 6.82. The molecule has 0 bridgehead atoms. The second-order valence-corrected chi connectivity index (χ2v) is 2.49. The van der Waals surface area contributed by atoms with Crippen molar-refractivity contribution in [3.05, 3.63) is 24.3 Å². The quantitative estimate of drug-likeness (QED) is 0.243. The summed E-state index contributed by atoms with van der Waals surface area (Å²) in [7, 11) is 0. The molecular formula is C8H10NNaO2S. The zero-order valence-corrected chi connectivity index (χ0v) is 7.25. The van der Waals surface area contributed by atoms with E-state index in [9.17, 15) is 4.79 Å². The molecule has 0 aliphatic rings. The zero-order chi connectivity index (χ0) is 8.97. The number of carbonyl (C=O) groups is 1. The van der Waals surface area contributed by atoms with Gasteiger partial charge in [0.1, 0.15) is 0 Å². The number of ether oxygens (including phenoxy) is 1. The van der Waals surface area contributed by atoms with Crippen molar-refractivity contribution in [2.45, 2.75) is 0 Å². The minimum absolute atomic E-state index is 0. The standard InChI is InChI=1S/C8H9NO2S.Na.H/c9-6-3-1-2-4-7(6)11-8(10)5-12;;/h1-4,12H,5,9H2;;. The van der Waals surface area contributed by atoms with Gasteiger partial charge in [0.15, 0.2) is 5.75 Å². The number of carbonyl (C=O) groups excluding carboxylic acids is 1. The molecule has 2 N–H and O–H groups in total. The number of rotatable bonds is 2. The van der Waals surface area contributed by atoms with Gasteiger partial charge in [0, 0.05) is 0 Å². The molecule has 0 fully saturated rings. The molecule has 0 amide bonds. The first kappa shape index (κ1) is 12.8. The van der Waals surface area contributed by atoms with E-state index in [0.717, 1.165) is 0 Å². The van der Waals surface area contributed by atoms with Crippen LogP contribution in [0, 0.1) is 0 Å². The minimum atomic E-state index is -0.406. The molecule has 0 saturated carbocycles. The third-order valence-corrected chi connectivity index (χ3v) is 1.53. The molecule has 0 saturated heterocycles. The van der Waals surface area contributed by atoms with Gasteiger partial charge in [0.2, 0.25) is 0 Å². The first-order valence-electron chi connectivity index (χ1n) is 3.40. The van der Waals surface area contributed by atoms with Crippen LogP contribution >= 0.6 is 12.6 Å². The molecule has 3 nitrogen and oxygen atoms in total. The van der Waals surface area contributed by atoms with Crippen LogP contribution in [0.5, 0.6) is 5.75 Å². The van der Waals surface area contributed by atoms with Crippen molar-refractivity contribution in [2.75, 3.05) is 11.5 Å². The molecule has 0 aliphatic carbocycles. The summed E-state index contributed by atoms with van der Waals surface area (Å²) in [5.74, 6) is 0.0294. The summed E-state index contributed by atoms with van der Waals surface area (Å²) in [5.41, 5.74) is 5.97. The summed E-state index contributed by atoms with van der Waals surface area (Å²) in [4.78, 5) is 10.8. The monoisotopic (exact) mass is 207 g/mol. The van der Waals surface area contributed by atoms with Crippen molar-refractivity contribution >= 4 is 53.8 Å². The first-order chi connectivity index (χ1) is 5.74. The van der Waals surface area contributed by atoms with E-state index in [2.05, 4.69) is 12.6 Å². The average molecular weight is 207 g/mol. The molecule has 0 spiro atoms. The number of thiol groups is 1. The van der Waals surface area contributed by atoms with Gasteiger partial charge in [0.05, 0.1) is 11.4 Å². The number of nitrogen functional groups attached to an aromatic ring is 1. The molecule has 0 atom stereocenters. The molecule has 0 unspecified atom stereocenters. The number of para-hydroxylation sites is 2. The molecule has 0 aliphatic heterocycles. The second kappa shape index (κ2) is 6.32. The second-order valence-electron chi connectivity index (χ2n) is 2.17. The van der Waals surface area contributed by atoms with E-state index in [-0.39, 0.29) is 35.3 Å². The molecule has 5 heteroatoms. The number of esters is 1. The Kier molecular flexibility index (Phi) is 6.24. The van der Waals surface area contributed by atoms with Gasteiger partial charge in [-0.25, -0.2) is 0 Å². The van der Waals surface area contributed by atoms with Crippen LogP contribution in [0.25, 0.3) is 0 Å². The molecule has 1 rings (SSSR count). The van der Waals surface area contributed by atoms with Crippen molar-refractivity contribution in [1.82, 2.24) is 0 Å². The van der Waals surface area contributed by atoms with E-state index >= 15 is 0 Å². The van der Waals surface area contributed by atoms with E-state index in [0.29, 0.717) is 11.4 Å². The van der Waals surface area contributed by atoms with Crippen LogP contribution in [0.3, 0.4) is 0 Å². The van der Waals surface area contributed by atoms with Crippen molar-refractivity contribution in [3.8, 4) is 5.75 Å². The molecule has 1 aromatic rings. The van der Waals surface area contributed by atoms with Crippen molar-refractivity contribution in [1.29, 1.82) is 0 Å². The fraction of sp³-hybridized carbons (Fsp3) is 0.125. The SMILES string of the molecule is Nc1ccccc1OC(=O)CS.[NaH]. The van der Waals surface area contributed by atoms with Crippen LogP contribution in [0.4, 0.5) is 5.69 Å². The molecular weight excluding hydrogens is 197 g/mol. The molecule has 0 heterocycles. The van der Waals surface area contributed by atoms with Gasteiger partial charge >= 0.3 is 35.5 Å². The number of hydrogen-bond acceptors (Lipinski definition) is 4. The molecule has 0 radical (unpaired) electrons. The predicted molar refractivity (Wildman–Crippen MR) is 57.5 cm³/mol. The van der Waals surface area contributed by atoms with E-state index in [1.165, 1.54) is 0 Å². The Morgan fingerprint density at radius 1 is 1.46 bits per heavy atom. The normalized spacial score (nSPS) is 8.69. The van der Waals surface area contributed by atoms with E-state index in [4.69, 9.17) is 10.5 Å². The summed E-state index contributed by atoms with van der Waals surface area (Å²) in [5, 5.41) is 0. The maximum absolute atomic E-state index is 10.8. The number of nitrogens with two attached hydrogens (primary N) is 1. The first-order valence-corrected chi connectivity index (χ1v) is 4.03. The molecule has 1 aromatic carbocycles. The predicted octanol–water partition coefficient (Wildman–Crippen LogP) is 0.456. The van der Waals surface area contributed by atoms with E-state index < -0.39 is 5.97 Å². The Labute approximate surface area is 104 Å². The van der Waals surface area contributed by atoms with Crippen LogP contribution in [0.1, 0.15) is 0 Å². The Balaban J connectivity index is 0.00000144. The summed E-state index contributed by atoms with van der Waals surface area (Å²) in [6.07, 6.45) is 0. The number of anilines is 1. The Hall–Kier alpha value is -0.160. The van der Waals surface area contributed by atoms with Crippen LogP contribution in [0.15, 0.2) is 24.3 Å². The topological polar surface area (TPSA) is 52.3 Å². The number of benzene rings is 1. The van der Waals surface area contributed by atoms with Crippen LogP contribution in [-0.4, -0.2) is 41.3 Å². The van der Waals surface area contributed by atoms with Gasteiger partial charge in [-0.05, 0) is 12.1 Å². The van der Waals surface area contributed by atoms with Crippen molar-refractivity contribution in [2.24, 2.45) is 0 Å². The van der Waals surface area contributed by atoms with Crippen molar-refractivity contribution < 1.29 is 9.53 Å². The van der Waals surface area contributed by atoms with Crippen LogP contribution < -0.4 is 10.5 Å². The van der Waals surface area contributed by atoms with Gasteiger partial charge < -0.3 is 10.5 Å². The summed E-state index contributed by atoms with van der Waals surface area (Å²) >= 11 is 3.76. The van der Waals surface area contributed by atoms with Gasteiger partial charge in [0.25, 0.3) is 0 Å². The zero-order valence-electron chi connectivity index (χ0n) is 6.36. The Bertz CT molecular complexity index is 293. The van der Waals surface area contributed by atoms with Gasteiger partial charge in [-0.2, -0.15) is 12.6 Å².